The minimum Gasteiger partial charge on any atom is -0.381 e. The molecule has 0 saturated carbocycles. The van der Waals surface area contributed by atoms with Crippen LogP contribution in [0.5, 0.6) is 0 Å². The second-order valence-electron chi connectivity index (χ2n) is 4.91. The molecule has 2 heteroatoms. The SMILES string of the molecule is CC(=O)c1ccccc1C(C)C1CCCOC1. The normalized spacial score (nSPS) is 22.1. The molecule has 0 amide bonds. The average molecular weight is 232 g/mol. The quantitative estimate of drug-likeness (QED) is 0.746. The van der Waals surface area contributed by atoms with E-state index in [1.165, 1.54) is 12.0 Å². The maximum Gasteiger partial charge on any atom is 0.160 e. The van der Waals surface area contributed by atoms with Crippen LogP contribution in [0.25, 0.3) is 0 Å². The summed E-state index contributed by atoms with van der Waals surface area (Å²) in [6.45, 7) is 5.56. The van der Waals surface area contributed by atoms with Gasteiger partial charge in [0.2, 0.25) is 0 Å². The molecule has 0 radical (unpaired) electrons. The minimum absolute atomic E-state index is 0.157. The van der Waals surface area contributed by atoms with Gasteiger partial charge in [-0.05, 0) is 37.2 Å². The van der Waals surface area contributed by atoms with E-state index in [1.54, 1.807) is 6.92 Å². The zero-order valence-electron chi connectivity index (χ0n) is 10.6. The summed E-state index contributed by atoms with van der Waals surface area (Å²) in [4.78, 5) is 11.6. The Hall–Kier alpha value is -1.15. The molecule has 17 heavy (non-hydrogen) atoms. The lowest BCUT2D eigenvalue weighted by Crippen LogP contribution is -2.23. The van der Waals surface area contributed by atoms with E-state index in [0.29, 0.717) is 11.8 Å². The number of carbonyl (C=O) groups excluding carboxylic acids is 1. The standard InChI is InChI=1S/C15H20O2/c1-11(13-6-5-9-17-10-13)14-7-3-4-8-15(14)12(2)16/h3-4,7-8,11,13H,5-6,9-10H2,1-2H3. The summed E-state index contributed by atoms with van der Waals surface area (Å²) in [6, 6.07) is 7.96. The van der Waals surface area contributed by atoms with Gasteiger partial charge in [-0.1, -0.05) is 31.2 Å². The zero-order valence-corrected chi connectivity index (χ0v) is 10.6. The Labute approximate surface area is 103 Å². The van der Waals surface area contributed by atoms with Crippen LogP contribution in [-0.4, -0.2) is 19.0 Å². The Balaban J connectivity index is 2.23. The van der Waals surface area contributed by atoms with Crippen molar-refractivity contribution in [3.8, 4) is 0 Å². The molecule has 2 atom stereocenters. The molecule has 2 unspecified atom stereocenters. The fourth-order valence-corrected chi connectivity index (χ4v) is 2.63. The average Bonchev–Trinajstić information content (AvgIpc) is 2.39. The van der Waals surface area contributed by atoms with Gasteiger partial charge in [-0.25, -0.2) is 0 Å². The molecule has 0 aliphatic carbocycles. The number of carbonyl (C=O) groups is 1. The second-order valence-corrected chi connectivity index (χ2v) is 4.91. The number of rotatable bonds is 3. The van der Waals surface area contributed by atoms with Crippen LogP contribution in [0.15, 0.2) is 24.3 Å². The second kappa shape index (κ2) is 5.46. The molecular weight excluding hydrogens is 212 g/mol. The van der Waals surface area contributed by atoms with Crippen LogP contribution in [0.1, 0.15) is 48.5 Å². The predicted molar refractivity (Wildman–Crippen MR) is 68.4 cm³/mol. The molecule has 1 aromatic rings. The van der Waals surface area contributed by atoms with Crippen molar-refractivity contribution in [1.82, 2.24) is 0 Å². The third-order valence-corrected chi connectivity index (χ3v) is 3.73. The number of Topliss-reactive ketones (excluding diaryl/α,β-unsaturated/α-hetero) is 1. The van der Waals surface area contributed by atoms with Crippen LogP contribution < -0.4 is 0 Å². The summed E-state index contributed by atoms with van der Waals surface area (Å²) in [6.07, 6.45) is 2.34. The van der Waals surface area contributed by atoms with Gasteiger partial charge >= 0.3 is 0 Å². The first-order chi connectivity index (χ1) is 8.20. The molecule has 1 aliphatic rings. The van der Waals surface area contributed by atoms with Crippen molar-refractivity contribution in [3.63, 3.8) is 0 Å². The highest BCUT2D eigenvalue weighted by Gasteiger charge is 2.24. The van der Waals surface area contributed by atoms with Gasteiger partial charge in [0.1, 0.15) is 0 Å². The number of ether oxygens (including phenoxy) is 1. The van der Waals surface area contributed by atoms with Crippen LogP contribution in [-0.2, 0) is 4.74 Å². The Morgan fingerprint density at radius 1 is 1.41 bits per heavy atom. The van der Waals surface area contributed by atoms with Gasteiger partial charge in [-0.2, -0.15) is 0 Å². The fraction of sp³-hybridized carbons (Fsp3) is 0.533. The lowest BCUT2D eigenvalue weighted by molar-refractivity contribution is 0.0461. The van der Waals surface area contributed by atoms with E-state index in [4.69, 9.17) is 4.74 Å². The molecule has 1 aromatic carbocycles. The van der Waals surface area contributed by atoms with E-state index in [9.17, 15) is 4.79 Å². The van der Waals surface area contributed by atoms with Crippen molar-refractivity contribution in [2.45, 2.75) is 32.6 Å². The van der Waals surface area contributed by atoms with E-state index in [0.717, 1.165) is 25.2 Å². The highest BCUT2D eigenvalue weighted by atomic mass is 16.5. The molecule has 0 aromatic heterocycles. The van der Waals surface area contributed by atoms with Crippen LogP contribution >= 0.6 is 0 Å². The zero-order chi connectivity index (χ0) is 12.3. The van der Waals surface area contributed by atoms with Crippen LogP contribution in [0.2, 0.25) is 0 Å². The number of hydrogen-bond donors (Lipinski definition) is 0. The van der Waals surface area contributed by atoms with Gasteiger partial charge in [-0.15, -0.1) is 0 Å². The monoisotopic (exact) mass is 232 g/mol. The van der Waals surface area contributed by atoms with Crippen LogP contribution in [0.4, 0.5) is 0 Å². The van der Waals surface area contributed by atoms with Gasteiger partial charge in [0, 0.05) is 18.8 Å². The van der Waals surface area contributed by atoms with Gasteiger partial charge < -0.3 is 4.74 Å². The Morgan fingerprint density at radius 3 is 2.82 bits per heavy atom. The molecule has 0 spiro atoms. The van der Waals surface area contributed by atoms with Crippen molar-refractivity contribution in [2.24, 2.45) is 5.92 Å². The van der Waals surface area contributed by atoms with Gasteiger partial charge in [-0.3, -0.25) is 4.79 Å². The molecule has 0 bridgehead atoms. The largest absolute Gasteiger partial charge is 0.381 e. The van der Waals surface area contributed by atoms with E-state index in [2.05, 4.69) is 13.0 Å². The van der Waals surface area contributed by atoms with E-state index >= 15 is 0 Å². The first-order valence-corrected chi connectivity index (χ1v) is 6.37. The Bertz CT molecular complexity index is 392. The summed E-state index contributed by atoms with van der Waals surface area (Å²) >= 11 is 0. The van der Waals surface area contributed by atoms with E-state index in [-0.39, 0.29) is 5.78 Å². The van der Waals surface area contributed by atoms with Crippen molar-refractivity contribution in [3.05, 3.63) is 35.4 Å². The van der Waals surface area contributed by atoms with Gasteiger partial charge in [0.15, 0.2) is 5.78 Å². The van der Waals surface area contributed by atoms with Crippen molar-refractivity contribution >= 4 is 5.78 Å². The highest BCUT2D eigenvalue weighted by Crippen LogP contribution is 2.32. The topological polar surface area (TPSA) is 26.3 Å². The van der Waals surface area contributed by atoms with Crippen molar-refractivity contribution in [1.29, 1.82) is 0 Å². The number of ketones is 1. The molecule has 0 N–H and O–H groups in total. The maximum atomic E-state index is 11.6. The molecule has 92 valence electrons. The van der Waals surface area contributed by atoms with E-state index < -0.39 is 0 Å². The van der Waals surface area contributed by atoms with E-state index in [1.807, 2.05) is 18.2 Å². The van der Waals surface area contributed by atoms with Crippen molar-refractivity contribution < 1.29 is 9.53 Å². The van der Waals surface area contributed by atoms with Crippen LogP contribution in [0, 0.1) is 5.92 Å². The molecule has 1 aliphatic heterocycles. The molecule has 1 heterocycles. The number of benzene rings is 1. The van der Waals surface area contributed by atoms with Crippen LogP contribution in [0.3, 0.4) is 0 Å². The highest BCUT2D eigenvalue weighted by molar-refractivity contribution is 5.95. The lowest BCUT2D eigenvalue weighted by atomic mass is 9.81. The summed E-state index contributed by atoms with van der Waals surface area (Å²) in [5.41, 5.74) is 2.04. The summed E-state index contributed by atoms with van der Waals surface area (Å²) in [5, 5.41) is 0. The number of hydrogen-bond acceptors (Lipinski definition) is 2. The third-order valence-electron chi connectivity index (χ3n) is 3.73. The molecule has 2 rings (SSSR count). The lowest BCUT2D eigenvalue weighted by Gasteiger charge is -2.29. The predicted octanol–water partition coefficient (Wildman–Crippen LogP) is 3.42. The first kappa shape index (κ1) is 12.3. The molecule has 1 saturated heterocycles. The minimum atomic E-state index is 0.157. The third kappa shape index (κ3) is 2.75. The molecule has 1 fully saturated rings. The first-order valence-electron chi connectivity index (χ1n) is 6.37. The van der Waals surface area contributed by atoms with Crippen molar-refractivity contribution in [2.75, 3.05) is 13.2 Å². The molecule has 2 nitrogen and oxygen atoms in total. The maximum absolute atomic E-state index is 11.6. The van der Waals surface area contributed by atoms with Gasteiger partial charge in [0.25, 0.3) is 0 Å². The smallest absolute Gasteiger partial charge is 0.160 e. The molecular formula is C15H20O2. The fourth-order valence-electron chi connectivity index (χ4n) is 2.63. The summed E-state index contributed by atoms with van der Waals surface area (Å²) in [7, 11) is 0. The Morgan fingerprint density at radius 2 is 2.18 bits per heavy atom. The van der Waals surface area contributed by atoms with Gasteiger partial charge in [0.05, 0.1) is 0 Å². The summed E-state index contributed by atoms with van der Waals surface area (Å²) in [5.74, 6) is 1.10. The Kier molecular flexibility index (Phi) is 3.95. The summed E-state index contributed by atoms with van der Waals surface area (Å²) < 4.78 is 5.54.